The Morgan fingerprint density at radius 2 is 2.23 bits per heavy atom. The molecule has 76 valence electrons. The van der Waals surface area contributed by atoms with Crippen LogP contribution in [0.25, 0.3) is 0 Å². The molecule has 1 aliphatic carbocycles. The van der Waals surface area contributed by atoms with Crippen LogP contribution in [0.3, 0.4) is 0 Å². The summed E-state index contributed by atoms with van der Waals surface area (Å²) in [6.45, 7) is 2.18. The molecule has 2 heteroatoms. The summed E-state index contributed by atoms with van der Waals surface area (Å²) in [5.74, 6) is 3.30. The van der Waals surface area contributed by atoms with Gasteiger partial charge in [0.2, 0.25) is 0 Å². The van der Waals surface area contributed by atoms with Gasteiger partial charge >= 0.3 is 0 Å². The van der Waals surface area contributed by atoms with Gasteiger partial charge in [0.25, 0.3) is 0 Å². The average Bonchev–Trinajstić information content (AvgIpc) is 2.32. The Bertz CT molecular complexity index is 156. The quantitative estimate of drug-likeness (QED) is 0.512. The van der Waals surface area contributed by atoms with E-state index in [4.69, 9.17) is 0 Å². The Kier molecular flexibility index (Phi) is 5.52. The van der Waals surface area contributed by atoms with Crippen LogP contribution in [0.2, 0.25) is 0 Å². The molecule has 1 saturated carbocycles. The fourth-order valence-corrected chi connectivity index (χ4v) is 2.65. The summed E-state index contributed by atoms with van der Waals surface area (Å²) in [4.78, 5) is 11.6. The third-order valence-electron chi connectivity index (χ3n) is 2.75. The van der Waals surface area contributed by atoms with Crippen molar-refractivity contribution in [2.45, 2.75) is 45.4 Å². The lowest BCUT2D eigenvalue weighted by Gasteiger charge is -2.11. The molecular weight excluding hydrogens is 180 g/mol. The standard InChI is InChI=1S/C11H20OS/c1-2-13-9-8-10-6-4-3-5-7-11(10)12/h10H,2-9H2,1H3. The number of carbonyl (C=O) groups is 1. The second kappa shape index (κ2) is 6.47. The summed E-state index contributed by atoms with van der Waals surface area (Å²) >= 11 is 1.96. The zero-order chi connectivity index (χ0) is 9.52. The molecule has 1 nitrogen and oxygen atoms in total. The van der Waals surface area contributed by atoms with E-state index in [1.165, 1.54) is 24.3 Å². The van der Waals surface area contributed by atoms with E-state index in [0.29, 0.717) is 11.7 Å². The van der Waals surface area contributed by atoms with E-state index >= 15 is 0 Å². The van der Waals surface area contributed by atoms with Gasteiger partial charge in [0.15, 0.2) is 0 Å². The van der Waals surface area contributed by atoms with Crippen LogP contribution < -0.4 is 0 Å². The van der Waals surface area contributed by atoms with Crippen LogP contribution in [0.5, 0.6) is 0 Å². The van der Waals surface area contributed by atoms with Crippen molar-refractivity contribution >= 4 is 17.5 Å². The maximum Gasteiger partial charge on any atom is 0.136 e. The second-order valence-electron chi connectivity index (χ2n) is 3.75. The molecule has 1 aliphatic rings. The normalized spacial score (nSPS) is 24.4. The molecule has 1 atom stereocenters. The first-order chi connectivity index (χ1) is 6.34. The number of hydrogen-bond donors (Lipinski definition) is 0. The Morgan fingerprint density at radius 3 is 3.00 bits per heavy atom. The average molecular weight is 200 g/mol. The highest BCUT2D eigenvalue weighted by molar-refractivity contribution is 7.99. The van der Waals surface area contributed by atoms with Gasteiger partial charge in [-0.1, -0.05) is 19.8 Å². The Labute approximate surface area is 85.7 Å². The number of ketones is 1. The van der Waals surface area contributed by atoms with Crippen molar-refractivity contribution in [3.63, 3.8) is 0 Å². The maximum atomic E-state index is 11.6. The molecule has 1 rings (SSSR count). The van der Waals surface area contributed by atoms with Crippen molar-refractivity contribution in [2.75, 3.05) is 11.5 Å². The van der Waals surface area contributed by atoms with E-state index < -0.39 is 0 Å². The molecule has 0 aliphatic heterocycles. The molecule has 13 heavy (non-hydrogen) atoms. The van der Waals surface area contributed by atoms with Gasteiger partial charge < -0.3 is 0 Å². The maximum absolute atomic E-state index is 11.6. The van der Waals surface area contributed by atoms with E-state index in [0.717, 1.165) is 25.7 Å². The van der Waals surface area contributed by atoms with Crippen molar-refractivity contribution in [2.24, 2.45) is 5.92 Å². The van der Waals surface area contributed by atoms with Gasteiger partial charge in [-0.2, -0.15) is 11.8 Å². The molecule has 0 bridgehead atoms. The van der Waals surface area contributed by atoms with Crippen molar-refractivity contribution < 1.29 is 4.79 Å². The summed E-state index contributed by atoms with van der Waals surface area (Å²) in [6, 6.07) is 0. The van der Waals surface area contributed by atoms with Crippen LogP contribution in [0.1, 0.15) is 45.4 Å². The topological polar surface area (TPSA) is 17.1 Å². The lowest BCUT2D eigenvalue weighted by atomic mass is 9.96. The van der Waals surface area contributed by atoms with Gasteiger partial charge in [0.1, 0.15) is 5.78 Å². The molecule has 0 aromatic carbocycles. The minimum atomic E-state index is 0.404. The van der Waals surface area contributed by atoms with Gasteiger partial charge in [0.05, 0.1) is 0 Å². The molecular formula is C11H20OS. The zero-order valence-electron chi connectivity index (χ0n) is 8.55. The third-order valence-corrected chi connectivity index (χ3v) is 3.68. The van der Waals surface area contributed by atoms with E-state index in [1.54, 1.807) is 0 Å². The predicted octanol–water partition coefficient (Wildman–Crippen LogP) is 3.28. The van der Waals surface area contributed by atoms with Crippen molar-refractivity contribution in [3.8, 4) is 0 Å². The molecule has 0 spiro atoms. The zero-order valence-corrected chi connectivity index (χ0v) is 9.37. The molecule has 0 saturated heterocycles. The summed E-state index contributed by atoms with van der Waals surface area (Å²) in [6.07, 6.45) is 6.80. The van der Waals surface area contributed by atoms with Crippen LogP contribution in [0.4, 0.5) is 0 Å². The molecule has 0 heterocycles. The van der Waals surface area contributed by atoms with Crippen molar-refractivity contribution in [1.82, 2.24) is 0 Å². The van der Waals surface area contributed by atoms with Gasteiger partial charge in [-0.25, -0.2) is 0 Å². The number of thioether (sulfide) groups is 1. The summed E-state index contributed by atoms with van der Waals surface area (Å²) in [5, 5.41) is 0. The first kappa shape index (κ1) is 11.1. The number of carbonyl (C=O) groups excluding carboxylic acids is 1. The predicted molar refractivity (Wildman–Crippen MR) is 59.2 cm³/mol. The minimum Gasteiger partial charge on any atom is -0.299 e. The first-order valence-corrected chi connectivity index (χ1v) is 6.60. The molecule has 0 amide bonds. The van der Waals surface area contributed by atoms with Crippen LogP contribution in [0.15, 0.2) is 0 Å². The Morgan fingerprint density at radius 1 is 1.38 bits per heavy atom. The van der Waals surface area contributed by atoms with E-state index in [9.17, 15) is 4.79 Å². The molecule has 0 radical (unpaired) electrons. The highest BCUT2D eigenvalue weighted by Gasteiger charge is 2.19. The Balaban J connectivity index is 2.24. The fraction of sp³-hybridized carbons (Fsp3) is 0.909. The molecule has 0 aromatic heterocycles. The van der Waals surface area contributed by atoms with Crippen molar-refractivity contribution in [3.05, 3.63) is 0 Å². The summed E-state index contributed by atoms with van der Waals surface area (Å²) in [5.41, 5.74) is 0. The highest BCUT2D eigenvalue weighted by Crippen LogP contribution is 2.23. The second-order valence-corrected chi connectivity index (χ2v) is 5.14. The summed E-state index contributed by atoms with van der Waals surface area (Å²) < 4.78 is 0. The van der Waals surface area contributed by atoms with Crippen LogP contribution in [-0.2, 0) is 4.79 Å². The Hall–Kier alpha value is 0.0200. The van der Waals surface area contributed by atoms with E-state index in [2.05, 4.69) is 6.92 Å². The molecule has 0 N–H and O–H groups in total. The minimum absolute atomic E-state index is 0.404. The molecule has 0 aromatic rings. The number of hydrogen-bond acceptors (Lipinski definition) is 2. The van der Waals surface area contributed by atoms with Crippen molar-refractivity contribution in [1.29, 1.82) is 0 Å². The first-order valence-electron chi connectivity index (χ1n) is 5.45. The van der Waals surface area contributed by atoms with Gasteiger partial charge in [-0.15, -0.1) is 0 Å². The molecule has 1 fully saturated rings. The molecule has 1 unspecified atom stereocenters. The number of Topliss-reactive ketones (excluding diaryl/α,β-unsaturated/α-hetero) is 1. The third kappa shape index (κ3) is 4.17. The smallest absolute Gasteiger partial charge is 0.136 e. The summed E-state index contributed by atoms with van der Waals surface area (Å²) in [7, 11) is 0. The van der Waals surface area contributed by atoms with Gasteiger partial charge in [-0.3, -0.25) is 4.79 Å². The van der Waals surface area contributed by atoms with E-state index in [1.807, 2.05) is 11.8 Å². The van der Waals surface area contributed by atoms with E-state index in [-0.39, 0.29) is 0 Å². The number of rotatable bonds is 4. The SMILES string of the molecule is CCSCCC1CCCCCC1=O. The fourth-order valence-electron chi connectivity index (χ4n) is 1.91. The highest BCUT2D eigenvalue weighted by atomic mass is 32.2. The van der Waals surface area contributed by atoms with Crippen LogP contribution in [0, 0.1) is 5.92 Å². The van der Waals surface area contributed by atoms with Gasteiger partial charge in [0, 0.05) is 12.3 Å². The van der Waals surface area contributed by atoms with Gasteiger partial charge in [-0.05, 0) is 30.8 Å². The van der Waals surface area contributed by atoms with Crippen LogP contribution in [-0.4, -0.2) is 17.3 Å². The largest absolute Gasteiger partial charge is 0.299 e. The monoisotopic (exact) mass is 200 g/mol. The lowest BCUT2D eigenvalue weighted by Crippen LogP contribution is -2.13. The lowest BCUT2D eigenvalue weighted by molar-refractivity contribution is -0.122. The van der Waals surface area contributed by atoms with Crippen LogP contribution >= 0.6 is 11.8 Å².